The van der Waals surface area contributed by atoms with Crippen LogP contribution in [0.5, 0.6) is 11.5 Å². The number of benzene rings is 2. The van der Waals surface area contributed by atoms with E-state index in [2.05, 4.69) is 44.3 Å². The van der Waals surface area contributed by atoms with E-state index in [1.807, 2.05) is 0 Å². The Morgan fingerprint density at radius 1 is 1.04 bits per heavy atom. The third-order valence-corrected chi connectivity index (χ3v) is 4.13. The fourth-order valence-electron chi connectivity index (χ4n) is 2.80. The third kappa shape index (κ3) is 4.07. The molecule has 0 fully saturated rings. The summed E-state index contributed by atoms with van der Waals surface area (Å²) in [6, 6.07) is 11.4. The number of rotatable bonds is 6. The normalized spacial score (nSPS) is 11.7. The van der Waals surface area contributed by atoms with Crippen molar-refractivity contribution in [1.82, 2.24) is 5.32 Å². The Balaban J connectivity index is 2.26. The molecule has 0 radical (unpaired) electrons. The smallest absolute Gasteiger partial charge is 0.252 e. The van der Waals surface area contributed by atoms with Gasteiger partial charge in [0.1, 0.15) is 11.5 Å². The van der Waals surface area contributed by atoms with Gasteiger partial charge < -0.3 is 14.8 Å². The first-order valence-corrected chi connectivity index (χ1v) is 8.09. The van der Waals surface area contributed by atoms with Crippen LogP contribution in [0.15, 0.2) is 36.4 Å². The average Bonchev–Trinajstić information content (AvgIpc) is 2.59. The topological polar surface area (TPSA) is 47.6 Å². The first-order chi connectivity index (χ1) is 11.5. The van der Waals surface area contributed by atoms with Crippen LogP contribution < -0.4 is 14.8 Å². The third-order valence-electron chi connectivity index (χ3n) is 4.13. The minimum atomic E-state index is -0.140. The molecule has 1 amide bonds. The van der Waals surface area contributed by atoms with Crippen LogP contribution in [0.4, 0.5) is 0 Å². The monoisotopic (exact) mass is 327 g/mol. The van der Waals surface area contributed by atoms with E-state index in [1.54, 1.807) is 32.4 Å². The molecule has 0 aromatic heterocycles. The van der Waals surface area contributed by atoms with Crippen LogP contribution in [0.25, 0.3) is 0 Å². The number of carbonyl (C=O) groups is 1. The van der Waals surface area contributed by atoms with Crippen LogP contribution in [-0.4, -0.2) is 20.1 Å². The highest BCUT2D eigenvalue weighted by Crippen LogP contribution is 2.25. The summed E-state index contributed by atoms with van der Waals surface area (Å²) in [6.45, 7) is 6.21. The van der Waals surface area contributed by atoms with Crippen molar-refractivity contribution in [3.05, 3.63) is 58.7 Å². The summed E-state index contributed by atoms with van der Waals surface area (Å²) >= 11 is 0. The van der Waals surface area contributed by atoms with Crippen molar-refractivity contribution in [3.63, 3.8) is 0 Å². The van der Waals surface area contributed by atoms with Crippen LogP contribution in [0.3, 0.4) is 0 Å². The zero-order valence-electron chi connectivity index (χ0n) is 15.0. The number of carbonyl (C=O) groups excluding carboxylic acids is 1. The first kappa shape index (κ1) is 17.9. The van der Waals surface area contributed by atoms with Crippen molar-refractivity contribution in [3.8, 4) is 11.5 Å². The Morgan fingerprint density at radius 2 is 1.67 bits per heavy atom. The lowest BCUT2D eigenvalue weighted by Crippen LogP contribution is -2.28. The number of ether oxygens (including phenoxy) is 2. The highest BCUT2D eigenvalue weighted by atomic mass is 16.5. The van der Waals surface area contributed by atoms with E-state index in [9.17, 15) is 4.79 Å². The lowest BCUT2D eigenvalue weighted by Gasteiger charge is -2.20. The van der Waals surface area contributed by atoms with Gasteiger partial charge in [-0.15, -0.1) is 0 Å². The van der Waals surface area contributed by atoms with Crippen molar-refractivity contribution in [2.75, 3.05) is 14.2 Å². The Morgan fingerprint density at radius 3 is 2.17 bits per heavy atom. The molecular formula is C20H25NO3. The van der Waals surface area contributed by atoms with E-state index in [0.717, 1.165) is 12.0 Å². The van der Waals surface area contributed by atoms with Gasteiger partial charge in [0.2, 0.25) is 0 Å². The molecule has 4 heteroatoms. The summed E-state index contributed by atoms with van der Waals surface area (Å²) < 4.78 is 10.5. The highest BCUT2D eigenvalue weighted by Gasteiger charge is 2.17. The van der Waals surface area contributed by atoms with E-state index in [1.165, 1.54) is 11.1 Å². The van der Waals surface area contributed by atoms with Crippen LogP contribution in [-0.2, 0) is 0 Å². The molecule has 1 N–H and O–H groups in total. The molecule has 0 heterocycles. The van der Waals surface area contributed by atoms with Crippen LogP contribution in [0.2, 0.25) is 0 Å². The lowest BCUT2D eigenvalue weighted by molar-refractivity contribution is 0.0934. The van der Waals surface area contributed by atoms with E-state index in [0.29, 0.717) is 17.1 Å². The fourth-order valence-corrected chi connectivity index (χ4v) is 2.80. The summed E-state index contributed by atoms with van der Waals surface area (Å²) in [5.74, 6) is 1.05. The zero-order valence-corrected chi connectivity index (χ0v) is 15.0. The van der Waals surface area contributed by atoms with Crippen molar-refractivity contribution in [1.29, 1.82) is 0 Å². The minimum absolute atomic E-state index is 0.0321. The molecule has 0 bridgehead atoms. The molecule has 0 saturated carbocycles. The van der Waals surface area contributed by atoms with Gasteiger partial charge in [0.05, 0.1) is 20.3 Å². The van der Waals surface area contributed by atoms with E-state index < -0.39 is 0 Å². The van der Waals surface area contributed by atoms with Crippen molar-refractivity contribution in [2.24, 2.45) is 0 Å². The van der Waals surface area contributed by atoms with Gasteiger partial charge in [-0.3, -0.25) is 4.79 Å². The molecular weight excluding hydrogens is 302 g/mol. The number of hydrogen-bond donors (Lipinski definition) is 1. The van der Waals surface area contributed by atoms with Crippen LogP contribution in [0.1, 0.15) is 46.4 Å². The average molecular weight is 327 g/mol. The minimum Gasteiger partial charge on any atom is -0.497 e. The van der Waals surface area contributed by atoms with Gasteiger partial charge in [0.25, 0.3) is 5.91 Å². The Bertz CT molecular complexity index is 703. The molecule has 2 aromatic rings. The first-order valence-electron chi connectivity index (χ1n) is 8.09. The maximum Gasteiger partial charge on any atom is 0.252 e. The lowest BCUT2D eigenvalue weighted by atomic mass is 9.97. The molecule has 0 saturated heterocycles. The number of amides is 1. The van der Waals surface area contributed by atoms with Crippen molar-refractivity contribution < 1.29 is 14.3 Å². The summed E-state index contributed by atoms with van der Waals surface area (Å²) in [5.41, 5.74) is 4.07. The maximum atomic E-state index is 12.7. The summed E-state index contributed by atoms with van der Waals surface area (Å²) in [7, 11) is 3.14. The van der Waals surface area contributed by atoms with Gasteiger partial charge in [-0.2, -0.15) is 0 Å². The molecule has 24 heavy (non-hydrogen) atoms. The SMILES string of the molecule is CC[C@@H](NC(=O)c1cc(OC)cc(OC)c1)c1ccc(C)cc1C. The predicted octanol–water partition coefficient (Wildman–Crippen LogP) is 4.20. The van der Waals surface area contributed by atoms with Gasteiger partial charge in [0.15, 0.2) is 0 Å². The standard InChI is InChI=1S/C20H25NO3/c1-6-19(18-8-7-13(2)9-14(18)3)21-20(22)15-10-16(23-4)12-17(11-15)24-5/h7-12,19H,6H2,1-5H3,(H,21,22)/t19-/m1/s1. The molecule has 0 aliphatic heterocycles. The second-order valence-corrected chi connectivity index (χ2v) is 5.90. The molecule has 2 aromatic carbocycles. The summed E-state index contributed by atoms with van der Waals surface area (Å²) in [6.07, 6.45) is 0.816. The van der Waals surface area contributed by atoms with Gasteiger partial charge in [-0.05, 0) is 43.5 Å². The second-order valence-electron chi connectivity index (χ2n) is 5.90. The largest absolute Gasteiger partial charge is 0.497 e. The number of nitrogens with one attached hydrogen (secondary N) is 1. The molecule has 0 unspecified atom stereocenters. The molecule has 0 spiro atoms. The second kappa shape index (κ2) is 7.86. The number of aryl methyl sites for hydroxylation is 2. The molecule has 4 nitrogen and oxygen atoms in total. The van der Waals surface area contributed by atoms with E-state index >= 15 is 0 Å². The zero-order chi connectivity index (χ0) is 17.7. The van der Waals surface area contributed by atoms with Gasteiger partial charge >= 0.3 is 0 Å². The van der Waals surface area contributed by atoms with Crippen LogP contribution in [0, 0.1) is 13.8 Å². The fraction of sp³-hybridized carbons (Fsp3) is 0.350. The Kier molecular flexibility index (Phi) is 5.85. The molecule has 2 rings (SSSR count). The summed E-state index contributed by atoms with van der Waals surface area (Å²) in [5, 5.41) is 3.11. The Labute approximate surface area is 143 Å². The predicted molar refractivity (Wildman–Crippen MR) is 96.0 cm³/mol. The van der Waals surface area contributed by atoms with Crippen molar-refractivity contribution in [2.45, 2.75) is 33.2 Å². The van der Waals surface area contributed by atoms with Gasteiger partial charge in [0, 0.05) is 11.6 Å². The van der Waals surface area contributed by atoms with E-state index in [-0.39, 0.29) is 11.9 Å². The molecule has 128 valence electrons. The highest BCUT2D eigenvalue weighted by molar-refractivity contribution is 5.95. The maximum absolute atomic E-state index is 12.7. The van der Waals surface area contributed by atoms with E-state index in [4.69, 9.17) is 9.47 Å². The molecule has 0 aliphatic carbocycles. The van der Waals surface area contributed by atoms with Gasteiger partial charge in [-0.25, -0.2) is 0 Å². The Hall–Kier alpha value is -2.49. The number of hydrogen-bond acceptors (Lipinski definition) is 3. The van der Waals surface area contributed by atoms with Crippen LogP contribution >= 0.6 is 0 Å². The number of methoxy groups -OCH3 is 2. The van der Waals surface area contributed by atoms with Crippen molar-refractivity contribution >= 4 is 5.91 Å². The van der Waals surface area contributed by atoms with Gasteiger partial charge in [-0.1, -0.05) is 30.7 Å². The summed E-state index contributed by atoms with van der Waals surface area (Å²) in [4.78, 5) is 12.7. The molecule has 1 atom stereocenters. The quantitative estimate of drug-likeness (QED) is 0.865. The molecule has 0 aliphatic rings.